The van der Waals surface area contributed by atoms with Gasteiger partial charge in [0.1, 0.15) is 5.82 Å². The fraction of sp³-hybridized carbons (Fsp3) is 0.333. The van der Waals surface area contributed by atoms with E-state index in [1.54, 1.807) is 18.2 Å². The van der Waals surface area contributed by atoms with Crippen LogP contribution in [0.4, 0.5) is 15.8 Å². The molecule has 8 nitrogen and oxygen atoms in total. The van der Waals surface area contributed by atoms with Gasteiger partial charge in [-0.25, -0.2) is 9.18 Å². The molecular formula is C21H22FN3O5. The number of carbonyl (C=O) groups excluding carboxylic acids is 2. The lowest BCUT2D eigenvalue weighted by Crippen LogP contribution is -2.31. The van der Waals surface area contributed by atoms with Crippen molar-refractivity contribution in [1.29, 1.82) is 0 Å². The minimum absolute atomic E-state index is 0.0743. The standard InChI is InChI=1S/C21H22FN3O5/c22-16-5-3-15(4-6-16)9-10-23-20(26)14-30-21(27)18-13-17(25(28)29)7-8-19(18)24-11-1-2-12-24/h3-8,13H,1-2,9-12,14H2,(H,23,26). The third-order valence-electron chi connectivity index (χ3n) is 4.84. The monoisotopic (exact) mass is 415 g/mol. The number of nitro benzene ring substituents is 1. The van der Waals surface area contributed by atoms with Gasteiger partial charge in [0.2, 0.25) is 0 Å². The van der Waals surface area contributed by atoms with Crippen molar-refractivity contribution >= 4 is 23.3 Å². The van der Waals surface area contributed by atoms with Gasteiger partial charge in [-0.2, -0.15) is 0 Å². The van der Waals surface area contributed by atoms with Crippen molar-refractivity contribution in [3.8, 4) is 0 Å². The number of halogens is 1. The zero-order valence-corrected chi connectivity index (χ0v) is 16.3. The number of hydrogen-bond acceptors (Lipinski definition) is 6. The van der Waals surface area contributed by atoms with Crippen molar-refractivity contribution < 1.29 is 23.6 Å². The summed E-state index contributed by atoms with van der Waals surface area (Å²) in [7, 11) is 0. The number of nitrogens with one attached hydrogen (secondary N) is 1. The van der Waals surface area contributed by atoms with Gasteiger partial charge in [-0.1, -0.05) is 12.1 Å². The van der Waals surface area contributed by atoms with Gasteiger partial charge in [0.25, 0.3) is 11.6 Å². The summed E-state index contributed by atoms with van der Waals surface area (Å²) in [6.07, 6.45) is 2.45. The number of esters is 1. The highest BCUT2D eigenvalue weighted by molar-refractivity contribution is 5.97. The lowest BCUT2D eigenvalue weighted by atomic mass is 10.1. The molecular weight excluding hydrogens is 393 g/mol. The predicted octanol–water partition coefficient (Wildman–Crippen LogP) is 2.85. The van der Waals surface area contributed by atoms with E-state index in [1.165, 1.54) is 24.3 Å². The van der Waals surface area contributed by atoms with Crippen LogP contribution in [-0.2, 0) is 16.0 Å². The van der Waals surface area contributed by atoms with Crippen molar-refractivity contribution in [3.05, 3.63) is 69.5 Å². The summed E-state index contributed by atoms with van der Waals surface area (Å²) < 4.78 is 18.0. The van der Waals surface area contributed by atoms with Crippen LogP contribution in [-0.4, -0.2) is 43.0 Å². The number of amides is 1. The first-order valence-electron chi connectivity index (χ1n) is 9.65. The second-order valence-electron chi connectivity index (χ2n) is 6.96. The van der Waals surface area contributed by atoms with Crippen LogP contribution in [0.5, 0.6) is 0 Å². The Morgan fingerprint density at radius 2 is 1.83 bits per heavy atom. The highest BCUT2D eigenvalue weighted by Gasteiger charge is 2.24. The molecule has 0 aromatic heterocycles. The fourth-order valence-electron chi connectivity index (χ4n) is 3.29. The molecule has 1 fully saturated rings. The van der Waals surface area contributed by atoms with Crippen LogP contribution < -0.4 is 10.2 Å². The van der Waals surface area contributed by atoms with Crippen molar-refractivity contribution in [2.45, 2.75) is 19.3 Å². The molecule has 0 unspecified atom stereocenters. The van der Waals surface area contributed by atoms with E-state index in [-0.39, 0.29) is 17.1 Å². The Bertz CT molecular complexity index is 927. The number of nitro groups is 1. The van der Waals surface area contributed by atoms with Crippen LogP contribution in [0, 0.1) is 15.9 Å². The molecule has 0 spiro atoms. The zero-order chi connectivity index (χ0) is 21.5. The summed E-state index contributed by atoms with van der Waals surface area (Å²) in [5.74, 6) is -1.60. The van der Waals surface area contributed by atoms with E-state index < -0.39 is 23.4 Å². The largest absolute Gasteiger partial charge is 0.452 e. The number of hydrogen-bond donors (Lipinski definition) is 1. The van der Waals surface area contributed by atoms with Gasteiger partial charge in [0, 0.05) is 31.8 Å². The molecule has 1 heterocycles. The quantitative estimate of drug-likeness (QED) is 0.404. The van der Waals surface area contributed by atoms with E-state index in [2.05, 4.69) is 5.32 Å². The van der Waals surface area contributed by atoms with Gasteiger partial charge in [-0.05, 0) is 43.0 Å². The Hall–Kier alpha value is -3.49. The third kappa shape index (κ3) is 5.53. The number of carbonyl (C=O) groups is 2. The first-order chi connectivity index (χ1) is 14.4. The highest BCUT2D eigenvalue weighted by atomic mass is 19.1. The van der Waals surface area contributed by atoms with Crippen LogP contribution in [0.1, 0.15) is 28.8 Å². The summed E-state index contributed by atoms with van der Waals surface area (Å²) in [6.45, 7) is 1.31. The van der Waals surface area contributed by atoms with E-state index in [0.29, 0.717) is 18.7 Å². The first-order valence-corrected chi connectivity index (χ1v) is 9.65. The molecule has 30 heavy (non-hydrogen) atoms. The number of nitrogens with zero attached hydrogens (tertiary/aromatic N) is 2. The van der Waals surface area contributed by atoms with Gasteiger partial charge in [0.15, 0.2) is 6.61 Å². The van der Waals surface area contributed by atoms with Crippen LogP contribution in [0.3, 0.4) is 0 Å². The molecule has 2 aromatic rings. The molecule has 1 aliphatic rings. The predicted molar refractivity (Wildman–Crippen MR) is 108 cm³/mol. The number of non-ortho nitro benzene ring substituents is 1. The van der Waals surface area contributed by atoms with E-state index in [1.807, 2.05) is 4.90 Å². The van der Waals surface area contributed by atoms with Gasteiger partial charge >= 0.3 is 5.97 Å². The normalized spacial score (nSPS) is 13.2. The minimum Gasteiger partial charge on any atom is -0.452 e. The van der Waals surface area contributed by atoms with Gasteiger partial charge < -0.3 is 15.0 Å². The van der Waals surface area contributed by atoms with E-state index >= 15 is 0 Å². The molecule has 0 bridgehead atoms. The number of rotatable bonds is 8. The van der Waals surface area contributed by atoms with Crippen molar-refractivity contribution in [3.63, 3.8) is 0 Å². The number of anilines is 1. The minimum atomic E-state index is -0.783. The van der Waals surface area contributed by atoms with E-state index in [0.717, 1.165) is 31.5 Å². The zero-order valence-electron chi connectivity index (χ0n) is 16.3. The Kier molecular flexibility index (Phi) is 6.95. The van der Waals surface area contributed by atoms with E-state index in [9.17, 15) is 24.1 Å². The molecule has 1 saturated heterocycles. The number of benzene rings is 2. The highest BCUT2D eigenvalue weighted by Crippen LogP contribution is 2.28. The SMILES string of the molecule is O=C(COC(=O)c1cc([N+](=O)[O-])ccc1N1CCCC1)NCCc1ccc(F)cc1. The summed E-state index contributed by atoms with van der Waals surface area (Å²) in [6, 6.07) is 10.0. The first kappa shape index (κ1) is 21.2. The maximum atomic E-state index is 12.9. The molecule has 1 aliphatic heterocycles. The molecule has 1 amide bonds. The summed E-state index contributed by atoms with van der Waals surface area (Å²) >= 11 is 0. The maximum Gasteiger partial charge on any atom is 0.341 e. The van der Waals surface area contributed by atoms with Crippen LogP contribution in [0.2, 0.25) is 0 Å². The van der Waals surface area contributed by atoms with Crippen molar-refractivity contribution in [2.75, 3.05) is 31.1 Å². The second-order valence-corrected chi connectivity index (χ2v) is 6.96. The Morgan fingerprint density at radius 1 is 1.13 bits per heavy atom. The fourth-order valence-corrected chi connectivity index (χ4v) is 3.29. The Balaban J connectivity index is 1.56. The summed E-state index contributed by atoms with van der Waals surface area (Å²) in [4.78, 5) is 37.0. The summed E-state index contributed by atoms with van der Waals surface area (Å²) in [5.41, 5.74) is 1.29. The lowest BCUT2D eigenvalue weighted by molar-refractivity contribution is -0.384. The van der Waals surface area contributed by atoms with Crippen LogP contribution in [0.15, 0.2) is 42.5 Å². The van der Waals surface area contributed by atoms with Gasteiger partial charge in [0.05, 0.1) is 16.2 Å². The lowest BCUT2D eigenvalue weighted by Gasteiger charge is -2.20. The average molecular weight is 415 g/mol. The van der Waals surface area contributed by atoms with Gasteiger partial charge in [-0.3, -0.25) is 14.9 Å². The topological polar surface area (TPSA) is 102 Å². The molecule has 0 aliphatic carbocycles. The van der Waals surface area contributed by atoms with Gasteiger partial charge in [-0.15, -0.1) is 0 Å². The Labute approximate surface area is 172 Å². The van der Waals surface area contributed by atoms with E-state index in [4.69, 9.17) is 4.74 Å². The van der Waals surface area contributed by atoms with Crippen molar-refractivity contribution in [1.82, 2.24) is 5.32 Å². The second kappa shape index (κ2) is 9.82. The molecule has 2 aromatic carbocycles. The molecule has 0 atom stereocenters. The molecule has 1 N–H and O–H groups in total. The molecule has 3 rings (SSSR count). The summed E-state index contributed by atoms with van der Waals surface area (Å²) in [5, 5.41) is 13.7. The Morgan fingerprint density at radius 3 is 2.50 bits per heavy atom. The molecule has 0 radical (unpaired) electrons. The molecule has 0 saturated carbocycles. The average Bonchev–Trinajstić information content (AvgIpc) is 3.27. The molecule has 9 heteroatoms. The number of ether oxygens (including phenoxy) is 1. The van der Waals surface area contributed by atoms with Crippen LogP contribution >= 0.6 is 0 Å². The maximum absolute atomic E-state index is 12.9. The van der Waals surface area contributed by atoms with Crippen molar-refractivity contribution in [2.24, 2.45) is 0 Å². The smallest absolute Gasteiger partial charge is 0.341 e. The third-order valence-corrected chi connectivity index (χ3v) is 4.84. The van der Waals surface area contributed by atoms with Crippen LogP contribution in [0.25, 0.3) is 0 Å². The molecule has 158 valence electrons.